The van der Waals surface area contributed by atoms with E-state index in [0.29, 0.717) is 6.61 Å². The Labute approximate surface area is 102 Å². The molecule has 1 aromatic heterocycles. The summed E-state index contributed by atoms with van der Waals surface area (Å²) < 4.78 is 11.2. The van der Waals surface area contributed by atoms with Gasteiger partial charge in [0.2, 0.25) is 0 Å². The molecule has 1 aliphatic heterocycles. The summed E-state index contributed by atoms with van der Waals surface area (Å²) in [6, 6.07) is 2.01. The van der Waals surface area contributed by atoms with Crippen LogP contribution in [-0.4, -0.2) is 30.8 Å². The molecule has 0 saturated carbocycles. The molecule has 2 heterocycles. The van der Waals surface area contributed by atoms with E-state index in [4.69, 9.17) is 9.47 Å². The van der Waals surface area contributed by atoms with E-state index < -0.39 is 0 Å². The molecule has 1 saturated heterocycles. The summed E-state index contributed by atoms with van der Waals surface area (Å²) in [7, 11) is 0. The predicted molar refractivity (Wildman–Crippen MR) is 66.1 cm³/mol. The Morgan fingerprint density at radius 1 is 1.59 bits per heavy atom. The number of hydrogen-bond acceptors (Lipinski definition) is 4. The first-order valence-electron chi connectivity index (χ1n) is 6.28. The Balaban J connectivity index is 1.94. The zero-order valence-electron chi connectivity index (χ0n) is 10.3. The minimum atomic E-state index is 0.184. The second-order valence-corrected chi connectivity index (χ2v) is 4.26. The van der Waals surface area contributed by atoms with Crippen molar-refractivity contribution in [1.29, 1.82) is 0 Å². The van der Waals surface area contributed by atoms with Crippen LogP contribution < -0.4 is 10.1 Å². The highest BCUT2D eigenvalue weighted by molar-refractivity contribution is 5.29. The van der Waals surface area contributed by atoms with Gasteiger partial charge < -0.3 is 14.8 Å². The third-order valence-electron chi connectivity index (χ3n) is 2.79. The van der Waals surface area contributed by atoms with Gasteiger partial charge in [0.15, 0.2) is 0 Å². The first-order valence-corrected chi connectivity index (χ1v) is 6.28. The van der Waals surface area contributed by atoms with Crippen LogP contribution in [0.5, 0.6) is 5.75 Å². The maximum Gasteiger partial charge on any atom is 0.142 e. The molecule has 4 nitrogen and oxygen atoms in total. The Morgan fingerprint density at radius 2 is 2.53 bits per heavy atom. The van der Waals surface area contributed by atoms with Gasteiger partial charge >= 0.3 is 0 Å². The second kappa shape index (κ2) is 6.57. The lowest BCUT2D eigenvalue weighted by Gasteiger charge is -2.15. The first-order chi connectivity index (χ1) is 8.40. The van der Waals surface area contributed by atoms with Crippen LogP contribution >= 0.6 is 0 Å². The average Bonchev–Trinajstić information content (AvgIpc) is 2.84. The van der Waals surface area contributed by atoms with Crippen molar-refractivity contribution in [2.75, 3.05) is 19.8 Å². The van der Waals surface area contributed by atoms with Gasteiger partial charge in [0.05, 0.1) is 19.4 Å². The standard InChI is InChI=1S/C13H20N2O2/c1-2-5-14-8-11-3-6-15-9-13(11)17-12-4-7-16-10-12/h3,6,9,12,14H,2,4-5,7-8,10H2,1H3. The van der Waals surface area contributed by atoms with Crippen LogP contribution in [0.1, 0.15) is 25.3 Å². The van der Waals surface area contributed by atoms with E-state index in [-0.39, 0.29) is 6.10 Å². The van der Waals surface area contributed by atoms with Gasteiger partial charge in [-0.2, -0.15) is 0 Å². The lowest BCUT2D eigenvalue weighted by Crippen LogP contribution is -2.19. The number of hydrogen-bond donors (Lipinski definition) is 1. The molecular weight excluding hydrogens is 216 g/mol. The van der Waals surface area contributed by atoms with E-state index in [2.05, 4.69) is 17.2 Å². The Morgan fingerprint density at radius 3 is 3.29 bits per heavy atom. The number of rotatable bonds is 6. The SMILES string of the molecule is CCCNCc1ccncc1OC1CCOC1. The molecule has 0 bridgehead atoms. The zero-order chi connectivity index (χ0) is 11.9. The van der Waals surface area contributed by atoms with Crippen molar-refractivity contribution in [3.8, 4) is 5.75 Å². The van der Waals surface area contributed by atoms with E-state index in [1.54, 1.807) is 12.4 Å². The van der Waals surface area contributed by atoms with Crippen molar-refractivity contribution in [3.63, 3.8) is 0 Å². The van der Waals surface area contributed by atoms with Crippen molar-refractivity contribution in [1.82, 2.24) is 10.3 Å². The third kappa shape index (κ3) is 3.68. The van der Waals surface area contributed by atoms with Crippen LogP contribution in [0.2, 0.25) is 0 Å². The van der Waals surface area contributed by atoms with E-state index >= 15 is 0 Å². The number of pyridine rings is 1. The fraction of sp³-hybridized carbons (Fsp3) is 0.615. The normalized spacial score (nSPS) is 19.5. The summed E-state index contributed by atoms with van der Waals surface area (Å²) >= 11 is 0. The van der Waals surface area contributed by atoms with Gasteiger partial charge in [-0.15, -0.1) is 0 Å². The predicted octanol–water partition coefficient (Wildman–Crippen LogP) is 1.75. The highest BCUT2D eigenvalue weighted by Crippen LogP contribution is 2.20. The highest BCUT2D eigenvalue weighted by Gasteiger charge is 2.18. The molecule has 0 radical (unpaired) electrons. The van der Waals surface area contributed by atoms with Crippen LogP contribution in [0.15, 0.2) is 18.5 Å². The lowest BCUT2D eigenvalue weighted by molar-refractivity contribution is 0.140. The fourth-order valence-corrected chi connectivity index (χ4v) is 1.85. The van der Waals surface area contributed by atoms with Gasteiger partial charge in [-0.25, -0.2) is 0 Å². The Bertz CT molecular complexity index is 338. The van der Waals surface area contributed by atoms with Gasteiger partial charge in [-0.1, -0.05) is 6.92 Å². The Kier molecular flexibility index (Phi) is 4.76. The highest BCUT2D eigenvalue weighted by atomic mass is 16.5. The van der Waals surface area contributed by atoms with Crippen LogP contribution in [0.3, 0.4) is 0 Å². The van der Waals surface area contributed by atoms with E-state index in [1.165, 1.54) is 5.56 Å². The monoisotopic (exact) mass is 236 g/mol. The van der Waals surface area contributed by atoms with Crippen LogP contribution in [-0.2, 0) is 11.3 Å². The van der Waals surface area contributed by atoms with Gasteiger partial charge in [0, 0.05) is 24.7 Å². The minimum Gasteiger partial charge on any atom is -0.486 e. The summed E-state index contributed by atoms with van der Waals surface area (Å²) in [5.74, 6) is 0.881. The summed E-state index contributed by atoms with van der Waals surface area (Å²) in [5, 5.41) is 3.38. The molecule has 0 aliphatic carbocycles. The molecule has 17 heavy (non-hydrogen) atoms. The maximum absolute atomic E-state index is 5.91. The number of nitrogens with zero attached hydrogens (tertiary/aromatic N) is 1. The molecule has 1 aromatic rings. The van der Waals surface area contributed by atoms with Gasteiger partial charge in [-0.3, -0.25) is 4.98 Å². The molecule has 0 amide bonds. The van der Waals surface area contributed by atoms with Gasteiger partial charge in [-0.05, 0) is 19.0 Å². The van der Waals surface area contributed by atoms with Crippen LogP contribution in [0, 0.1) is 0 Å². The summed E-state index contributed by atoms with van der Waals surface area (Å²) in [5.41, 5.74) is 1.17. The molecule has 94 valence electrons. The lowest BCUT2D eigenvalue weighted by atomic mass is 10.2. The number of ether oxygens (including phenoxy) is 2. The zero-order valence-corrected chi connectivity index (χ0v) is 10.3. The first kappa shape index (κ1) is 12.3. The average molecular weight is 236 g/mol. The maximum atomic E-state index is 5.91. The quantitative estimate of drug-likeness (QED) is 0.764. The second-order valence-electron chi connectivity index (χ2n) is 4.26. The van der Waals surface area contributed by atoms with Crippen LogP contribution in [0.25, 0.3) is 0 Å². The van der Waals surface area contributed by atoms with Crippen LogP contribution in [0.4, 0.5) is 0 Å². The summed E-state index contributed by atoms with van der Waals surface area (Å²) in [6.45, 7) is 5.51. The molecule has 1 aliphatic rings. The number of nitrogens with one attached hydrogen (secondary N) is 1. The van der Waals surface area contributed by atoms with Crippen molar-refractivity contribution in [2.45, 2.75) is 32.4 Å². The molecule has 1 N–H and O–H groups in total. The van der Waals surface area contributed by atoms with E-state index in [1.807, 2.05) is 6.07 Å². The smallest absolute Gasteiger partial charge is 0.142 e. The molecular formula is C13H20N2O2. The molecule has 0 spiro atoms. The van der Waals surface area contributed by atoms with Crippen molar-refractivity contribution >= 4 is 0 Å². The molecule has 2 rings (SSSR count). The van der Waals surface area contributed by atoms with Gasteiger partial charge in [0.1, 0.15) is 11.9 Å². The topological polar surface area (TPSA) is 43.4 Å². The van der Waals surface area contributed by atoms with Crippen molar-refractivity contribution in [2.24, 2.45) is 0 Å². The molecule has 0 aromatic carbocycles. The molecule has 1 atom stereocenters. The van der Waals surface area contributed by atoms with Crippen molar-refractivity contribution in [3.05, 3.63) is 24.0 Å². The largest absolute Gasteiger partial charge is 0.486 e. The van der Waals surface area contributed by atoms with Gasteiger partial charge in [0.25, 0.3) is 0 Å². The Hall–Kier alpha value is -1.13. The molecule has 1 fully saturated rings. The van der Waals surface area contributed by atoms with E-state index in [9.17, 15) is 0 Å². The number of aromatic nitrogens is 1. The fourth-order valence-electron chi connectivity index (χ4n) is 1.85. The molecule has 1 unspecified atom stereocenters. The third-order valence-corrected chi connectivity index (χ3v) is 2.79. The summed E-state index contributed by atoms with van der Waals surface area (Å²) in [4.78, 5) is 4.12. The van der Waals surface area contributed by atoms with Crippen molar-refractivity contribution < 1.29 is 9.47 Å². The minimum absolute atomic E-state index is 0.184. The molecule has 4 heteroatoms. The van der Waals surface area contributed by atoms with E-state index in [0.717, 1.165) is 38.3 Å². The summed E-state index contributed by atoms with van der Waals surface area (Å²) in [6.07, 6.45) is 5.89.